The molecule has 0 saturated heterocycles. The predicted octanol–water partition coefficient (Wildman–Crippen LogP) is 5.37. The summed E-state index contributed by atoms with van der Waals surface area (Å²) in [7, 11) is 0. The molecule has 2 aromatic heterocycles. The van der Waals surface area contributed by atoms with Crippen LogP contribution in [0.3, 0.4) is 0 Å². The van der Waals surface area contributed by atoms with E-state index in [0.29, 0.717) is 16.3 Å². The number of nitrogens with one attached hydrogen (secondary N) is 1. The number of aromatic nitrogens is 1. The third-order valence-corrected chi connectivity index (χ3v) is 4.93. The highest BCUT2D eigenvalue weighted by molar-refractivity contribution is 7.13. The molecular formula is C21H19N3O2S. The summed E-state index contributed by atoms with van der Waals surface area (Å²) >= 11 is 1.47. The highest BCUT2D eigenvalue weighted by Gasteiger charge is 2.14. The van der Waals surface area contributed by atoms with E-state index in [1.807, 2.05) is 45.0 Å². The smallest absolute Gasteiger partial charge is 0.226 e. The van der Waals surface area contributed by atoms with Crippen LogP contribution in [0.5, 0.6) is 0 Å². The van der Waals surface area contributed by atoms with Crippen LogP contribution in [-0.4, -0.2) is 10.9 Å². The zero-order valence-electron chi connectivity index (χ0n) is 15.3. The van der Waals surface area contributed by atoms with Gasteiger partial charge in [0.2, 0.25) is 5.91 Å². The number of hydrogen-bond donors (Lipinski definition) is 1. The van der Waals surface area contributed by atoms with Gasteiger partial charge in [0.05, 0.1) is 17.5 Å². The van der Waals surface area contributed by atoms with Gasteiger partial charge in [-0.2, -0.15) is 5.26 Å². The zero-order valence-corrected chi connectivity index (χ0v) is 16.1. The third-order valence-electron chi connectivity index (χ3n) is 3.93. The van der Waals surface area contributed by atoms with Gasteiger partial charge in [0.1, 0.15) is 16.8 Å². The number of rotatable bonds is 5. The van der Waals surface area contributed by atoms with Crippen molar-refractivity contribution < 1.29 is 9.21 Å². The van der Waals surface area contributed by atoms with Crippen LogP contribution < -0.4 is 5.32 Å². The first-order valence-electron chi connectivity index (χ1n) is 8.52. The van der Waals surface area contributed by atoms with Gasteiger partial charge in [-0.25, -0.2) is 4.98 Å². The summed E-state index contributed by atoms with van der Waals surface area (Å²) in [5, 5.41) is 13.0. The molecule has 0 spiro atoms. The number of anilines is 1. The van der Waals surface area contributed by atoms with Gasteiger partial charge in [-0.05, 0) is 31.2 Å². The number of amides is 1. The largest absolute Gasteiger partial charge is 0.465 e. The fourth-order valence-electron chi connectivity index (χ4n) is 2.43. The Balaban J connectivity index is 1.86. The lowest BCUT2D eigenvalue weighted by Crippen LogP contribution is -2.17. The molecular weight excluding hydrogens is 358 g/mol. The Morgan fingerprint density at radius 2 is 2.04 bits per heavy atom. The van der Waals surface area contributed by atoms with Gasteiger partial charge in [-0.3, -0.25) is 4.79 Å². The lowest BCUT2D eigenvalue weighted by Gasteiger charge is -2.08. The van der Waals surface area contributed by atoms with Crippen molar-refractivity contribution in [2.45, 2.75) is 20.8 Å². The molecule has 3 rings (SSSR count). The molecule has 0 aliphatic heterocycles. The van der Waals surface area contributed by atoms with E-state index in [-0.39, 0.29) is 11.8 Å². The van der Waals surface area contributed by atoms with Crippen LogP contribution in [0.25, 0.3) is 22.9 Å². The Labute approximate surface area is 162 Å². The van der Waals surface area contributed by atoms with Gasteiger partial charge < -0.3 is 9.73 Å². The second-order valence-electron chi connectivity index (χ2n) is 6.33. The summed E-state index contributed by atoms with van der Waals surface area (Å²) in [5.74, 6) is 0.529. The molecule has 136 valence electrons. The summed E-state index contributed by atoms with van der Waals surface area (Å²) < 4.78 is 5.29. The lowest BCUT2D eigenvalue weighted by atomic mass is 10.1. The van der Waals surface area contributed by atoms with E-state index in [9.17, 15) is 10.1 Å². The van der Waals surface area contributed by atoms with Crippen LogP contribution in [0.15, 0.2) is 47.1 Å². The minimum absolute atomic E-state index is 0.0170. The Bertz CT molecular complexity index is 1010. The first-order valence-corrected chi connectivity index (χ1v) is 9.34. The summed E-state index contributed by atoms with van der Waals surface area (Å²) in [6, 6.07) is 13.3. The van der Waals surface area contributed by atoms with Gasteiger partial charge in [0.15, 0.2) is 0 Å². The maximum Gasteiger partial charge on any atom is 0.226 e. The van der Waals surface area contributed by atoms with E-state index in [1.54, 1.807) is 24.5 Å². The molecule has 0 aliphatic carbocycles. The maximum atomic E-state index is 11.8. The number of aryl methyl sites for hydroxylation is 1. The van der Waals surface area contributed by atoms with Crippen LogP contribution in [-0.2, 0) is 4.79 Å². The summed E-state index contributed by atoms with van der Waals surface area (Å²) in [6.45, 7) is 5.69. The van der Waals surface area contributed by atoms with Gasteiger partial charge >= 0.3 is 0 Å². The molecule has 1 amide bonds. The number of nitrogens with zero attached hydrogens (tertiary/aromatic N) is 2. The molecule has 2 heterocycles. The average Bonchev–Trinajstić information content (AvgIpc) is 3.30. The van der Waals surface area contributed by atoms with Crippen molar-refractivity contribution >= 4 is 34.6 Å². The number of allylic oxidation sites excluding steroid dienone is 1. The van der Waals surface area contributed by atoms with E-state index in [2.05, 4.69) is 16.4 Å². The molecule has 3 aromatic rings. The second kappa shape index (κ2) is 8.02. The normalized spacial score (nSPS) is 11.4. The van der Waals surface area contributed by atoms with Crippen LogP contribution in [0.2, 0.25) is 0 Å². The molecule has 0 saturated carbocycles. The van der Waals surface area contributed by atoms with Crippen molar-refractivity contribution in [2.75, 3.05) is 5.32 Å². The molecule has 0 unspecified atom stereocenters. The Morgan fingerprint density at radius 3 is 2.63 bits per heavy atom. The highest BCUT2D eigenvalue weighted by atomic mass is 32.1. The number of carbonyl (C=O) groups is 1. The maximum absolute atomic E-state index is 11.8. The first-order chi connectivity index (χ1) is 13.0. The number of hydrogen-bond acceptors (Lipinski definition) is 5. The van der Waals surface area contributed by atoms with Gasteiger partial charge in [-0.15, -0.1) is 11.3 Å². The number of furan rings is 1. The molecule has 6 heteroatoms. The van der Waals surface area contributed by atoms with Crippen molar-refractivity contribution in [2.24, 2.45) is 5.92 Å². The van der Waals surface area contributed by atoms with E-state index < -0.39 is 0 Å². The standard InChI is InChI=1S/C21H19N3O2S/c1-13(2)20(25)23-17-8-6-15(7-9-17)19-14(3)27-21(24-19)16(12-22)11-18-5-4-10-26-18/h4-11,13H,1-3H3,(H,23,25)/b16-11+. The molecule has 0 aliphatic rings. The van der Waals surface area contributed by atoms with Crippen LogP contribution in [0.4, 0.5) is 5.69 Å². The summed E-state index contributed by atoms with van der Waals surface area (Å²) in [6.07, 6.45) is 3.26. The molecule has 1 N–H and O–H groups in total. The molecule has 1 aromatic carbocycles. The van der Waals surface area contributed by atoms with Crippen molar-refractivity contribution in [3.8, 4) is 17.3 Å². The Hall–Kier alpha value is -3.17. The Morgan fingerprint density at radius 1 is 1.30 bits per heavy atom. The molecule has 27 heavy (non-hydrogen) atoms. The minimum Gasteiger partial charge on any atom is -0.465 e. The first kappa shape index (κ1) is 18.6. The second-order valence-corrected chi connectivity index (χ2v) is 7.53. The van der Waals surface area contributed by atoms with E-state index in [4.69, 9.17) is 4.42 Å². The van der Waals surface area contributed by atoms with Crippen molar-refractivity contribution in [3.05, 3.63) is 58.3 Å². The number of thiazole rings is 1. The quantitative estimate of drug-likeness (QED) is 0.606. The zero-order chi connectivity index (χ0) is 19.4. The summed E-state index contributed by atoms with van der Waals surface area (Å²) in [4.78, 5) is 17.5. The van der Waals surface area contributed by atoms with Crippen LogP contribution >= 0.6 is 11.3 Å². The average molecular weight is 377 g/mol. The van der Waals surface area contributed by atoms with Crippen LogP contribution in [0, 0.1) is 24.2 Å². The topological polar surface area (TPSA) is 78.9 Å². The number of carbonyl (C=O) groups excluding carboxylic acids is 1. The predicted molar refractivity (Wildman–Crippen MR) is 108 cm³/mol. The fourth-order valence-corrected chi connectivity index (χ4v) is 3.34. The van der Waals surface area contributed by atoms with Gasteiger partial charge in [-0.1, -0.05) is 26.0 Å². The van der Waals surface area contributed by atoms with Crippen LogP contribution in [0.1, 0.15) is 29.5 Å². The lowest BCUT2D eigenvalue weighted by molar-refractivity contribution is -0.118. The highest BCUT2D eigenvalue weighted by Crippen LogP contribution is 2.32. The van der Waals surface area contributed by atoms with E-state index in [0.717, 1.165) is 21.8 Å². The SMILES string of the molecule is Cc1sc(/C(C#N)=C/c2ccco2)nc1-c1ccc(NC(=O)C(C)C)cc1. The molecule has 5 nitrogen and oxygen atoms in total. The molecule has 0 bridgehead atoms. The Kier molecular flexibility index (Phi) is 5.53. The minimum atomic E-state index is -0.0710. The summed E-state index contributed by atoms with van der Waals surface area (Å²) in [5.41, 5.74) is 2.98. The van der Waals surface area contributed by atoms with Crippen molar-refractivity contribution in [1.29, 1.82) is 5.26 Å². The van der Waals surface area contributed by atoms with Gasteiger partial charge in [0.25, 0.3) is 0 Å². The number of nitriles is 1. The van der Waals surface area contributed by atoms with E-state index in [1.165, 1.54) is 11.3 Å². The molecule has 0 atom stereocenters. The van der Waals surface area contributed by atoms with Crippen molar-refractivity contribution in [3.63, 3.8) is 0 Å². The third kappa shape index (κ3) is 4.33. The molecule has 0 radical (unpaired) electrons. The molecule has 0 fully saturated rings. The monoisotopic (exact) mass is 377 g/mol. The van der Waals surface area contributed by atoms with E-state index >= 15 is 0 Å². The van der Waals surface area contributed by atoms with Crippen molar-refractivity contribution in [1.82, 2.24) is 4.98 Å². The fraction of sp³-hybridized carbons (Fsp3) is 0.190. The van der Waals surface area contributed by atoms with Gasteiger partial charge in [0, 0.05) is 28.1 Å². The number of benzene rings is 1.